The normalized spacial score (nSPS) is 27.5. The molecule has 0 N–H and O–H groups in total. The van der Waals surface area contributed by atoms with Gasteiger partial charge in [0.2, 0.25) is 0 Å². The van der Waals surface area contributed by atoms with E-state index in [1.165, 1.54) is 0 Å². The van der Waals surface area contributed by atoms with E-state index in [9.17, 15) is 0 Å². The lowest BCUT2D eigenvalue weighted by Crippen LogP contribution is -2.11. The molecule has 1 aliphatic carbocycles. The van der Waals surface area contributed by atoms with Gasteiger partial charge in [-0.1, -0.05) is 5.92 Å². The summed E-state index contributed by atoms with van der Waals surface area (Å²) in [5, 5.41) is 0. The van der Waals surface area contributed by atoms with Crippen LogP contribution in [0.2, 0.25) is 0 Å². The third-order valence-corrected chi connectivity index (χ3v) is 2.31. The van der Waals surface area contributed by atoms with Crippen molar-refractivity contribution >= 4 is 0 Å². The lowest BCUT2D eigenvalue weighted by Gasteiger charge is -2.21. The number of hydrogen-bond acceptors (Lipinski definition) is 0. The molecular formula is C12H12. The molecule has 0 heteroatoms. The second-order valence-corrected chi connectivity index (χ2v) is 3.13. The molecule has 0 aromatic rings. The largest absolute Gasteiger partial charge is 0.120 e. The minimum Gasteiger partial charge on any atom is -0.120 e. The summed E-state index contributed by atoms with van der Waals surface area (Å²) in [6.07, 6.45) is 14.8. The minimum absolute atomic E-state index is 0.480. The Hall–Kier alpha value is -1.32. The second-order valence-electron chi connectivity index (χ2n) is 3.13. The van der Waals surface area contributed by atoms with Crippen molar-refractivity contribution in [3.8, 4) is 36.5 Å². The van der Waals surface area contributed by atoms with Gasteiger partial charge in [0.15, 0.2) is 0 Å². The first kappa shape index (κ1) is 8.77. The van der Waals surface area contributed by atoms with Crippen molar-refractivity contribution in [2.45, 2.75) is 25.7 Å². The highest BCUT2D eigenvalue weighted by Gasteiger charge is 2.17. The Labute approximate surface area is 74.7 Å². The van der Waals surface area contributed by atoms with Crippen LogP contribution in [0.15, 0.2) is 0 Å². The Morgan fingerprint density at radius 1 is 0.917 bits per heavy atom. The zero-order valence-electron chi connectivity index (χ0n) is 7.14. The van der Waals surface area contributed by atoms with E-state index < -0.39 is 0 Å². The molecule has 0 saturated heterocycles. The van der Waals surface area contributed by atoms with Crippen LogP contribution < -0.4 is 0 Å². The first-order valence-electron chi connectivity index (χ1n) is 4.29. The van der Waals surface area contributed by atoms with Gasteiger partial charge in [0, 0.05) is 11.8 Å². The molecule has 1 aliphatic rings. The smallest absolute Gasteiger partial charge is 0.0214 e. The van der Waals surface area contributed by atoms with Gasteiger partial charge in [-0.25, -0.2) is 0 Å². The Balaban J connectivity index is 2.38. The van der Waals surface area contributed by atoms with E-state index in [0.29, 0.717) is 11.8 Å². The fraction of sp³-hybridized carbons (Fsp3) is 0.500. The molecule has 0 aliphatic heterocycles. The third kappa shape index (κ3) is 2.38. The highest BCUT2D eigenvalue weighted by molar-refractivity contribution is 5.23. The predicted octanol–water partition coefficient (Wildman–Crippen LogP) is 2.06. The molecule has 0 nitrogen and oxygen atoms in total. The van der Waals surface area contributed by atoms with E-state index in [2.05, 4.69) is 23.7 Å². The lowest BCUT2D eigenvalue weighted by molar-refractivity contribution is 0.373. The maximum atomic E-state index is 5.33. The SMILES string of the molecule is C#CC#CC1CCC(C#C)CC1. The van der Waals surface area contributed by atoms with Crippen LogP contribution in [-0.4, -0.2) is 0 Å². The van der Waals surface area contributed by atoms with Crippen LogP contribution in [0, 0.1) is 48.4 Å². The molecule has 1 fully saturated rings. The zero-order chi connectivity index (χ0) is 8.81. The van der Waals surface area contributed by atoms with Crippen molar-refractivity contribution < 1.29 is 0 Å². The van der Waals surface area contributed by atoms with Crippen LogP contribution >= 0.6 is 0 Å². The Kier molecular flexibility index (Phi) is 3.32. The number of hydrogen-bond donors (Lipinski definition) is 0. The van der Waals surface area contributed by atoms with E-state index in [1.807, 2.05) is 0 Å². The standard InChI is InChI=1S/C12H12/c1-3-5-6-12-9-7-11(4-2)8-10-12/h1-2,11-12H,7-10H2. The third-order valence-electron chi connectivity index (χ3n) is 2.31. The van der Waals surface area contributed by atoms with Crippen LogP contribution in [0.25, 0.3) is 0 Å². The molecule has 0 bridgehead atoms. The molecule has 0 radical (unpaired) electrons. The summed E-state index contributed by atoms with van der Waals surface area (Å²) in [4.78, 5) is 0. The molecule has 0 spiro atoms. The van der Waals surface area contributed by atoms with Crippen molar-refractivity contribution in [1.29, 1.82) is 0 Å². The second kappa shape index (κ2) is 4.54. The molecule has 0 heterocycles. The quantitative estimate of drug-likeness (QED) is 0.471. The van der Waals surface area contributed by atoms with Gasteiger partial charge in [-0.3, -0.25) is 0 Å². The maximum Gasteiger partial charge on any atom is 0.0214 e. The topological polar surface area (TPSA) is 0 Å². The summed E-state index contributed by atoms with van der Waals surface area (Å²) in [7, 11) is 0. The van der Waals surface area contributed by atoms with Crippen molar-refractivity contribution in [2.75, 3.05) is 0 Å². The fourth-order valence-corrected chi connectivity index (χ4v) is 1.55. The van der Waals surface area contributed by atoms with Crippen molar-refractivity contribution in [2.24, 2.45) is 11.8 Å². The summed E-state index contributed by atoms with van der Waals surface area (Å²) in [6.45, 7) is 0. The molecule has 0 atom stereocenters. The first-order chi connectivity index (χ1) is 5.86. The average Bonchev–Trinajstić information content (AvgIpc) is 2.15. The van der Waals surface area contributed by atoms with Gasteiger partial charge in [-0.05, 0) is 37.5 Å². The van der Waals surface area contributed by atoms with Gasteiger partial charge in [0.05, 0.1) is 0 Å². The van der Waals surface area contributed by atoms with Gasteiger partial charge in [0.1, 0.15) is 0 Å². The molecule has 0 aromatic heterocycles. The van der Waals surface area contributed by atoms with E-state index in [1.54, 1.807) is 0 Å². The molecule has 1 saturated carbocycles. The van der Waals surface area contributed by atoms with Crippen LogP contribution in [0.1, 0.15) is 25.7 Å². The molecule has 60 valence electrons. The summed E-state index contributed by atoms with van der Waals surface area (Å²) in [6, 6.07) is 0. The summed E-state index contributed by atoms with van der Waals surface area (Å²) in [5.74, 6) is 11.8. The molecule has 0 amide bonds. The summed E-state index contributed by atoms with van der Waals surface area (Å²) < 4.78 is 0. The van der Waals surface area contributed by atoms with E-state index in [4.69, 9.17) is 12.8 Å². The van der Waals surface area contributed by atoms with Crippen molar-refractivity contribution in [3.05, 3.63) is 0 Å². The predicted molar refractivity (Wildman–Crippen MR) is 50.9 cm³/mol. The molecule has 1 rings (SSSR count). The summed E-state index contributed by atoms with van der Waals surface area (Å²) in [5.41, 5.74) is 0. The highest BCUT2D eigenvalue weighted by atomic mass is 14.2. The highest BCUT2D eigenvalue weighted by Crippen LogP contribution is 2.27. The van der Waals surface area contributed by atoms with Crippen LogP contribution in [0.5, 0.6) is 0 Å². The van der Waals surface area contributed by atoms with Gasteiger partial charge in [-0.2, -0.15) is 0 Å². The monoisotopic (exact) mass is 156 g/mol. The van der Waals surface area contributed by atoms with E-state index >= 15 is 0 Å². The Bertz CT molecular complexity index is 266. The molecule has 0 aromatic carbocycles. The first-order valence-corrected chi connectivity index (χ1v) is 4.29. The zero-order valence-corrected chi connectivity index (χ0v) is 7.14. The number of rotatable bonds is 0. The van der Waals surface area contributed by atoms with Gasteiger partial charge in [-0.15, -0.1) is 18.8 Å². The molecular weight excluding hydrogens is 144 g/mol. The maximum absolute atomic E-state index is 5.33. The van der Waals surface area contributed by atoms with Crippen molar-refractivity contribution in [3.63, 3.8) is 0 Å². The van der Waals surface area contributed by atoms with Gasteiger partial charge in [0.25, 0.3) is 0 Å². The van der Waals surface area contributed by atoms with Crippen LogP contribution in [0.4, 0.5) is 0 Å². The minimum atomic E-state index is 0.480. The Morgan fingerprint density at radius 2 is 1.50 bits per heavy atom. The van der Waals surface area contributed by atoms with Crippen LogP contribution in [0.3, 0.4) is 0 Å². The molecule has 12 heavy (non-hydrogen) atoms. The lowest BCUT2D eigenvalue weighted by atomic mass is 9.83. The summed E-state index contributed by atoms with van der Waals surface area (Å²) >= 11 is 0. The van der Waals surface area contributed by atoms with E-state index in [-0.39, 0.29) is 0 Å². The van der Waals surface area contributed by atoms with Gasteiger partial charge < -0.3 is 0 Å². The Morgan fingerprint density at radius 3 is 2.00 bits per heavy atom. The van der Waals surface area contributed by atoms with E-state index in [0.717, 1.165) is 25.7 Å². The average molecular weight is 156 g/mol. The van der Waals surface area contributed by atoms with Crippen LogP contribution in [-0.2, 0) is 0 Å². The molecule has 0 unspecified atom stereocenters. The van der Waals surface area contributed by atoms with Crippen molar-refractivity contribution in [1.82, 2.24) is 0 Å². The number of terminal acetylenes is 2. The fourth-order valence-electron chi connectivity index (χ4n) is 1.55. The van der Waals surface area contributed by atoms with Gasteiger partial charge >= 0.3 is 0 Å².